The lowest BCUT2D eigenvalue weighted by atomic mass is 9.97. The van der Waals surface area contributed by atoms with E-state index in [-0.39, 0.29) is 35.6 Å². The maximum Gasteiger partial charge on any atom is 0.242 e. The molecule has 142 valence electrons. The van der Waals surface area contributed by atoms with Crippen molar-refractivity contribution in [2.24, 2.45) is 17.0 Å². The first kappa shape index (κ1) is 21.3. The van der Waals surface area contributed by atoms with Crippen LogP contribution in [-0.4, -0.2) is 40.6 Å². The van der Waals surface area contributed by atoms with Gasteiger partial charge in [-0.05, 0) is 57.4 Å². The number of azide groups is 1. The van der Waals surface area contributed by atoms with Crippen LogP contribution >= 0.6 is 0 Å². The summed E-state index contributed by atoms with van der Waals surface area (Å²) in [5.74, 6) is -0.406. The Morgan fingerprint density at radius 2 is 1.96 bits per heavy atom. The van der Waals surface area contributed by atoms with Crippen molar-refractivity contribution in [3.63, 3.8) is 0 Å². The Morgan fingerprint density at radius 3 is 2.48 bits per heavy atom. The average Bonchev–Trinajstić information content (AvgIpc) is 2.77. The maximum atomic E-state index is 12.5. The van der Waals surface area contributed by atoms with Gasteiger partial charge in [-0.15, -0.1) is 0 Å². The molecule has 1 rings (SSSR count). The van der Waals surface area contributed by atoms with Crippen molar-refractivity contribution in [1.29, 1.82) is 0 Å². The lowest BCUT2D eigenvalue weighted by Gasteiger charge is -2.27. The third-order valence-corrected chi connectivity index (χ3v) is 4.20. The number of amides is 2. The molecule has 0 aromatic heterocycles. The van der Waals surface area contributed by atoms with E-state index in [1.807, 2.05) is 34.6 Å². The van der Waals surface area contributed by atoms with Crippen LogP contribution in [0.4, 0.5) is 0 Å². The van der Waals surface area contributed by atoms with E-state index < -0.39 is 18.2 Å². The maximum absolute atomic E-state index is 12.5. The zero-order chi connectivity index (χ0) is 19.2. The van der Waals surface area contributed by atoms with Gasteiger partial charge in [0.05, 0.1) is 12.1 Å². The van der Waals surface area contributed by atoms with Crippen LogP contribution in [0.1, 0.15) is 60.3 Å². The highest BCUT2D eigenvalue weighted by Crippen LogP contribution is 2.31. The van der Waals surface area contributed by atoms with E-state index in [2.05, 4.69) is 20.7 Å². The van der Waals surface area contributed by atoms with E-state index >= 15 is 0 Å². The van der Waals surface area contributed by atoms with Crippen molar-refractivity contribution in [3.8, 4) is 0 Å². The number of nitrogens with zero attached hydrogens (tertiary/aromatic N) is 3. The normalized spacial score (nSPS) is 24.5. The number of carbonyl (C=O) groups is 2. The van der Waals surface area contributed by atoms with Crippen LogP contribution in [0.5, 0.6) is 0 Å². The summed E-state index contributed by atoms with van der Waals surface area (Å²) in [7, 11) is 0. The number of carbonyl (C=O) groups excluding carboxylic acids is 2. The van der Waals surface area contributed by atoms with E-state index in [0.29, 0.717) is 19.3 Å². The first-order valence-electron chi connectivity index (χ1n) is 8.87. The van der Waals surface area contributed by atoms with E-state index in [1.54, 1.807) is 0 Å². The van der Waals surface area contributed by atoms with Crippen LogP contribution < -0.4 is 10.6 Å². The number of rotatable bonds is 7. The molecule has 0 aromatic rings. The SMILES string of the molecule is CC(C)C[C@H](NC(=O)CC1CCC(O)C1N=[N+]=[N-])C(=O)NC(C)(C)C. The minimum atomic E-state index is -0.704. The summed E-state index contributed by atoms with van der Waals surface area (Å²) in [5.41, 5.74) is 8.24. The minimum absolute atomic E-state index is 0.137. The van der Waals surface area contributed by atoms with Crippen LogP contribution in [0.25, 0.3) is 10.4 Å². The Hall–Kier alpha value is -1.79. The molecule has 4 atom stereocenters. The molecule has 25 heavy (non-hydrogen) atoms. The van der Waals surface area contributed by atoms with Gasteiger partial charge in [0.2, 0.25) is 11.8 Å². The predicted molar refractivity (Wildman–Crippen MR) is 95.6 cm³/mol. The summed E-state index contributed by atoms with van der Waals surface area (Å²) in [5, 5.41) is 19.2. The van der Waals surface area contributed by atoms with Crippen molar-refractivity contribution in [2.75, 3.05) is 0 Å². The number of hydrogen-bond acceptors (Lipinski definition) is 4. The Balaban J connectivity index is 2.71. The van der Waals surface area contributed by atoms with Gasteiger partial charge in [0.1, 0.15) is 6.04 Å². The fourth-order valence-electron chi connectivity index (χ4n) is 3.15. The molecule has 1 aliphatic carbocycles. The van der Waals surface area contributed by atoms with Crippen LogP contribution in [0.3, 0.4) is 0 Å². The Morgan fingerprint density at radius 1 is 1.32 bits per heavy atom. The molecule has 0 bridgehead atoms. The molecule has 8 nitrogen and oxygen atoms in total. The zero-order valence-electron chi connectivity index (χ0n) is 15.8. The summed E-state index contributed by atoms with van der Waals surface area (Å²) in [4.78, 5) is 27.6. The van der Waals surface area contributed by atoms with Crippen LogP contribution in [0.2, 0.25) is 0 Å². The third kappa shape index (κ3) is 7.32. The van der Waals surface area contributed by atoms with Crippen LogP contribution in [0.15, 0.2) is 5.11 Å². The van der Waals surface area contributed by atoms with Gasteiger partial charge in [-0.3, -0.25) is 9.59 Å². The summed E-state index contributed by atoms with van der Waals surface area (Å²) in [6, 6.07) is -1.18. The van der Waals surface area contributed by atoms with Gasteiger partial charge < -0.3 is 15.7 Å². The highest BCUT2D eigenvalue weighted by atomic mass is 16.3. The molecule has 3 unspecified atom stereocenters. The second kappa shape index (κ2) is 9.06. The molecule has 1 fully saturated rings. The first-order chi connectivity index (χ1) is 11.5. The van der Waals surface area contributed by atoms with Crippen LogP contribution in [0, 0.1) is 11.8 Å². The van der Waals surface area contributed by atoms with Gasteiger partial charge in [-0.1, -0.05) is 19.0 Å². The molecule has 0 spiro atoms. The van der Waals surface area contributed by atoms with E-state index in [4.69, 9.17) is 5.53 Å². The molecular formula is C17H31N5O3. The molecule has 0 saturated heterocycles. The van der Waals surface area contributed by atoms with Gasteiger partial charge in [-0.2, -0.15) is 0 Å². The molecule has 8 heteroatoms. The fraction of sp³-hybridized carbons (Fsp3) is 0.882. The van der Waals surface area contributed by atoms with E-state index in [0.717, 1.165) is 0 Å². The zero-order valence-corrected chi connectivity index (χ0v) is 15.8. The van der Waals surface area contributed by atoms with Crippen molar-refractivity contribution < 1.29 is 14.7 Å². The molecule has 2 amide bonds. The fourth-order valence-corrected chi connectivity index (χ4v) is 3.15. The average molecular weight is 353 g/mol. The Labute approximate surface area is 149 Å². The third-order valence-electron chi connectivity index (χ3n) is 4.20. The summed E-state index contributed by atoms with van der Waals surface area (Å²) >= 11 is 0. The molecule has 0 aliphatic heterocycles. The van der Waals surface area contributed by atoms with E-state index in [1.165, 1.54) is 0 Å². The van der Waals surface area contributed by atoms with Gasteiger partial charge in [-0.25, -0.2) is 0 Å². The lowest BCUT2D eigenvalue weighted by Crippen LogP contribution is -2.52. The van der Waals surface area contributed by atoms with Gasteiger partial charge in [0, 0.05) is 16.9 Å². The lowest BCUT2D eigenvalue weighted by molar-refractivity contribution is -0.130. The van der Waals surface area contributed by atoms with Crippen molar-refractivity contribution >= 4 is 11.8 Å². The van der Waals surface area contributed by atoms with E-state index in [9.17, 15) is 14.7 Å². The second-order valence-corrected chi connectivity index (χ2v) is 8.29. The van der Waals surface area contributed by atoms with Crippen molar-refractivity contribution in [2.45, 2.75) is 84.0 Å². The number of aliphatic hydroxyl groups excluding tert-OH is 1. The molecule has 1 saturated carbocycles. The number of nitrogens with one attached hydrogen (secondary N) is 2. The number of hydrogen-bond donors (Lipinski definition) is 3. The van der Waals surface area contributed by atoms with Crippen LogP contribution in [-0.2, 0) is 9.59 Å². The topological polar surface area (TPSA) is 127 Å². The highest BCUT2D eigenvalue weighted by molar-refractivity contribution is 5.88. The van der Waals surface area contributed by atoms with Crippen molar-refractivity contribution in [1.82, 2.24) is 10.6 Å². The standard InChI is InChI=1S/C17H31N5O3/c1-10(2)8-12(16(25)20-17(3,4)5)19-14(24)9-11-6-7-13(23)15(11)21-22-18/h10-13,15,23H,6-9H2,1-5H3,(H,19,24)(H,20,25)/t11?,12-,13?,15?/m0/s1. The monoisotopic (exact) mass is 353 g/mol. The quantitative estimate of drug-likeness (QED) is 0.369. The summed E-state index contributed by atoms with van der Waals surface area (Å²) in [6.45, 7) is 9.67. The molecule has 3 N–H and O–H groups in total. The summed E-state index contributed by atoms with van der Waals surface area (Å²) < 4.78 is 0. The minimum Gasteiger partial charge on any atom is -0.393 e. The smallest absolute Gasteiger partial charge is 0.242 e. The molecule has 0 radical (unpaired) electrons. The molecule has 0 heterocycles. The van der Waals surface area contributed by atoms with Gasteiger partial charge in [0.25, 0.3) is 0 Å². The first-order valence-corrected chi connectivity index (χ1v) is 8.87. The molecular weight excluding hydrogens is 322 g/mol. The van der Waals surface area contributed by atoms with Gasteiger partial charge >= 0.3 is 0 Å². The van der Waals surface area contributed by atoms with Gasteiger partial charge in [0.15, 0.2) is 0 Å². The second-order valence-electron chi connectivity index (χ2n) is 8.29. The Kier molecular flexibility index (Phi) is 7.70. The predicted octanol–water partition coefficient (Wildman–Crippen LogP) is 2.27. The highest BCUT2D eigenvalue weighted by Gasteiger charge is 2.36. The Bertz CT molecular complexity index is 523. The largest absolute Gasteiger partial charge is 0.393 e. The molecule has 0 aromatic carbocycles. The van der Waals surface area contributed by atoms with Crippen molar-refractivity contribution in [3.05, 3.63) is 10.4 Å². The number of aliphatic hydroxyl groups is 1. The summed E-state index contributed by atoms with van der Waals surface area (Å²) in [6.07, 6.45) is 1.12. The molecule has 1 aliphatic rings.